The van der Waals surface area contributed by atoms with Crippen LogP contribution in [0.4, 0.5) is 0 Å². The van der Waals surface area contributed by atoms with Crippen LogP contribution in [0.15, 0.2) is 103 Å². The quantitative estimate of drug-likeness (QED) is 0.235. The maximum Gasteiger partial charge on any atom is 0.0800 e. The minimum atomic E-state index is 1.20. The molecule has 0 aliphatic carbocycles. The summed E-state index contributed by atoms with van der Waals surface area (Å²) in [5.41, 5.74) is 6.31. The lowest BCUT2D eigenvalue weighted by atomic mass is 10.0. The van der Waals surface area contributed by atoms with Crippen molar-refractivity contribution in [2.75, 3.05) is 0 Å². The van der Waals surface area contributed by atoms with E-state index in [0.29, 0.717) is 0 Å². The monoisotopic (exact) mass is 452 g/mol. The van der Waals surface area contributed by atoms with Gasteiger partial charge in [-0.3, -0.25) is 0 Å². The van der Waals surface area contributed by atoms with Gasteiger partial charge in [-0.1, -0.05) is 72.8 Å². The van der Waals surface area contributed by atoms with Crippen molar-refractivity contribution in [1.29, 1.82) is 0 Å². The lowest BCUT2D eigenvalue weighted by molar-refractivity contribution is 1.01. The van der Waals surface area contributed by atoms with E-state index >= 15 is 0 Å². The molecule has 160 valence electrons. The number of rotatable bonds is 1. The first-order chi connectivity index (χ1) is 16.8. The molecule has 0 fully saturated rings. The summed E-state index contributed by atoms with van der Waals surface area (Å²) in [6.45, 7) is 0. The van der Waals surface area contributed by atoms with E-state index in [1.165, 1.54) is 69.5 Å². The summed E-state index contributed by atoms with van der Waals surface area (Å²) in [6, 6.07) is 37.4. The number of benzene rings is 5. The first kappa shape index (κ1) is 18.4. The standard InChI is InChI=1S/C31H20N2S/c1-32-23-16-8-5-13-20(23)26-27-22-15-7-10-18-25(22)34-31(27)28-21-14-6-9-17-24(21)33(30(28)29(26)32)19-11-3-2-4-12-19/h2-18H,1H3. The molecule has 0 aliphatic rings. The summed E-state index contributed by atoms with van der Waals surface area (Å²) >= 11 is 1.92. The Labute approximate surface area is 199 Å². The maximum absolute atomic E-state index is 2.47. The second-order valence-electron chi connectivity index (χ2n) is 9.01. The predicted molar refractivity (Wildman–Crippen MR) is 148 cm³/mol. The molecule has 2 nitrogen and oxygen atoms in total. The van der Waals surface area contributed by atoms with Crippen molar-refractivity contribution < 1.29 is 0 Å². The molecule has 0 N–H and O–H groups in total. The van der Waals surface area contributed by atoms with Crippen LogP contribution in [0.2, 0.25) is 0 Å². The first-order valence-electron chi connectivity index (χ1n) is 11.6. The zero-order valence-electron chi connectivity index (χ0n) is 18.6. The van der Waals surface area contributed by atoms with Crippen molar-refractivity contribution in [3.8, 4) is 5.69 Å². The van der Waals surface area contributed by atoms with Gasteiger partial charge in [-0.15, -0.1) is 11.3 Å². The van der Waals surface area contributed by atoms with Gasteiger partial charge in [0.05, 0.1) is 16.6 Å². The zero-order valence-corrected chi connectivity index (χ0v) is 19.4. The Balaban J connectivity index is 1.82. The van der Waals surface area contributed by atoms with Crippen LogP contribution in [0.25, 0.3) is 69.5 Å². The lowest BCUT2D eigenvalue weighted by Crippen LogP contribution is -1.96. The van der Waals surface area contributed by atoms with Crippen LogP contribution in [0.5, 0.6) is 0 Å². The molecule has 0 spiro atoms. The molecule has 3 heteroatoms. The number of hydrogen-bond donors (Lipinski definition) is 0. The summed E-state index contributed by atoms with van der Waals surface area (Å²) in [5.74, 6) is 0. The van der Waals surface area contributed by atoms with Crippen molar-refractivity contribution in [2.24, 2.45) is 7.05 Å². The number of aryl methyl sites for hydroxylation is 1. The van der Waals surface area contributed by atoms with Gasteiger partial charge in [0.15, 0.2) is 0 Å². The van der Waals surface area contributed by atoms with E-state index in [4.69, 9.17) is 0 Å². The lowest BCUT2D eigenvalue weighted by Gasteiger charge is -2.10. The molecular weight excluding hydrogens is 432 g/mol. The third kappa shape index (κ3) is 2.15. The Morgan fingerprint density at radius 3 is 1.94 bits per heavy atom. The molecule has 0 bridgehead atoms. The highest BCUT2D eigenvalue weighted by Gasteiger charge is 2.24. The van der Waals surface area contributed by atoms with Crippen LogP contribution in [0.3, 0.4) is 0 Å². The number of thiophene rings is 1. The van der Waals surface area contributed by atoms with Crippen LogP contribution >= 0.6 is 11.3 Å². The van der Waals surface area contributed by atoms with Crippen LogP contribution in [0.1, 0.15) is 0 Å². The third-order valence-corrected chi connectivity index (χ3v) is 8.48. The van der Waals surface area contributed by atoms with E-state index in [2.05, 4.69) is 119 Å². The van der Waals surface area contributed by atoms with Gasteiger partial charge in [-0.25, -0.2) is 0 Å². The maximum atomic E-state index is 2.47. The number of para-hydroxylation sites is 3. The van der Waals surface area contributed by atoms with Crippen molar-refractivity contribution in [3.05, 3.63) is 103 Å². The van der Waals surface area contributed by atoms with Gasteiger partial charge >= 0.3 is 0 Å². The highest BCUT2D eigenvalue weighted by Crippen LogP contribution is 2.50. The molecule has 0 radical (unpaired) electrons. The Bertz CT molecular complexity index is 2070. The highest BCUT2D eigenvalue weighted by molar-refractivity contribution is 7.27. The summed E-state index contributed by atoms with van der Waals surface area (Å²) in [4.78, 5) is 0. The highest BCUT2D eigenvalue weighted by atomic mass is 32.1. The normalized spacial score (nSPS) is 12.3. The molecule has 3 aromatic heterocycles. The van der Waals surface area contributed by atoms with E-state index in [1.54, 1.807) is 0 Å². The van der Waals surface area contributed by atoms with E-state index in [9.17, 15) is 0 Å². The Hall–Kier alpha value is -4.08. The fourth-order valence-electron chi connectivity index (χ4n) is 5.93. The van der Waals surface area contributed by atoms with Gasteiger partial charge in [0.2, 0.25) is 0 Å². The van der Waals surface area contributed by atoms with Gasteiger partial charge < -0.3 is 9.13 Å². The molecular formula is C31H20N2S. The van der Waals surface area contributed by atoms with Gasteiger partial charge in [-0.05, 0) is 30.3 Å². The summed E-state index contributed by atoms with van der Waals surface area (Å²) in [5, 5.41) is 8.08. The minimum Gasteiger partial charge on any atom is -0.342 e. The fraction of sp³-hybridized carbons (Fsp3) is 0.0323. The van der Waals surface area contributed by atoms with Crippen LogP contribution < -0.4 is 0 Å². The number of nitrogens with zero attached hydrogens (tertiary/aromatic N) is 2. The Morgan fingerprint density at radius 2 is 1.15 bits per heavy atom. The topological polar surface area (TPSA) is 9.86 Å². The zero-order chi connectivity index (χ0) is 22.4. The SMILES string of the molecule is Cn1c2ccccc2c2c3c4ccccc4sc3c3c4ccccc4n(-c4ccccc4)c3c21. The first-order valence-corrected chi connectivity index (χ1v) is 12.4. The second-order valence-corrected chi connectivity index (χ2v) is 10.1. The van der Waals surface area contributed by atoms with E-state index in [1.807, 2.05) is 11.3 Å². The van der Waals surface area contributed by atoms with Crippen molar-refractivity contribution in [3.63, 3.8) is 0 Å². The molecule has 3 heterocycles. The Morgan fingerprint density at radius 1 is 0.529 bits per heavy atom. The van der Waals surface area contributed by atoms with Crippen molar-refractivity contribution in [1.82, 2.24) is 9.13 Å². The van der Waals surface area contributed by atoms with E-state index in [0.717, 1.165) is 0 Å². The van der Waals surface area contributed by atoms with Gasteiger partial charge in [0.25, 0.3) is 0 Å². The number of fused-ring (bicyclic) bond motifs is 12. The van der Waals surface area contributed by atoms with Crippen LogP contribution in [-0.4, -0.2) is 9.13 Å². The predicted octanol–water partition coefficient (Wildman–Crippen LogP) is 8.80. The van der Waals surface area contributed by atoms with Crippen molar-refractivity contribution >= 4 is 75.1 Å². The van der Waals surface area contributed by atoms with E-state index < -0.39 is 0 Å². The van der Waals surface area contributed by atoms with Gasteiger partial charge in [0.1, 0.15) is 0 Å². The van der Waals surface area contributed by atoms with Gasteiger partial charge in [0, 0.05) is 60.0 Å². The molecule has 0 saturated carbocycles. The van der Waals surface area contributed by atoms with Crippen LogP contribution in [0, 0.1) is 0 Å². The molecule has 0 aliphatic heterocycles. The van der Waals surface area contributed by atoms with Crippen LogP contribution in [-0.2, 0) is 7.05 Å². The molecule has 34 heavy (non-hydrogen) atoms. The smallest absolute Gasteiger partial charge is 0.0800 e. The molecule has 8 aromatic rings. The molecule has 8 rings (SSSR count). The number of hydrogen-bond acceptors (Lipinski definition) is 1. The average Bonchev–Trinajstić information content (AvgIpc) is 3.53. The van der Waals surface area contributed by atoms with Gasteiger partial charge in [-0.2, -0.15) is 0 Å². The fourth-order valence-corrected chi connectivity index (χ4v) is 7.20. The minimum absolute atomic E-state index is 1.20. The Kier molecular flexibility index (Phi) is 3.51. The molecule has 0 atom stereocenters. The van der Waals surface area contributed by atoms with E-state index in [-0.39, 0.29) is 0 Å². The summed E-state index contributed by atoms with van der Waals surface area (Å²) in [6.07, 6.45) is 0. The largest absolute Gasteiger partial charge is 0.342 e. The average molecular weight is 453 g/mol. The second kappa shape index (κ2) is 6.49. The van der Waals surface area contributed by atoms with Crippen molar-refractivity contribution in [2.45, 2.75) is 0 Å². The molecule has 0 amide bonds. The third-order valence-electron chi connectivity index (χ3n) is 7.29. The summed E-state index contributed by atoms with van der Waals surface area (Å²) < 4.78 is 7.59. The number of aromatic nitrogens is 2. The summed E-state index contributed by atoms with van der Waals surface area (Å²) in [7, 11) is 2.22. The molecule has 0 saturated heterocycles. The molecule has 0 unspecified atom stereocenters. The molecule has 5 aromatic carbocycles.